The Morgan fingerprint density at radius 1 is 1.24 bits per heavy atom. The fourth-order valence-electron chi connectivity index (χ4n) is 4.62. The van der Waals surface area contributed by atoms with E-state index in [4.69, 9.17) is 4.74 Å². The van der Waals surface area contributed by atoms with Crippen molar-refractivity contribution in [3.05, 3.63) is 49.1 Å². The fraction of sp³-hybridized carbons (Fsp3) is 0.381. The van der Waals surface area contributed by atoms with E-state index in [0.717, 1.165) is 18.7 Å². The standard InChI is InChI=1S/C21H22FN5O2/c1-20-10-21(2,24-11-20)18(22)19(20)29-17-6-5-15(25-26-17)14-4-3-13(9-16(14)28)27-8-7-23-12-27/h3-9,12,18-19,24,28H,10-11H2,1-2H3/t18-,19-,20+,21+/m0/s1. The van der Waals surface area contributed by atoms with Crippen LogP contribution in [-0.4, -0.2) is 49.2 Å². The van der Waals surface area contributed by atoms with Gasteiger partial charge in [-0.25, -0.2) is 9.37 Å². The Kier molecular flexibility index (Phi) is 3.89. The van der Waals surface area contributed by atoms with Crippen molar-refractivity contribution in [2.24, 2.45) is 5.41 Å². The van der Waals surface area contributed by atoms with Crippen LogP contribution in [0.2, 0.25) is 0 Å². The number of hydrogen-bond donors (Lipinski definition) is 2. The van der Waals surface area contributed by atoms with Gasteiger partial charge >= 0.3 is 0 Å². The van der Waals surface area contributed by atoms with Crippen LogP contribution in [0.15, 0.2) is 49.1 Å². The van der Waals surface area contributed by atoms with Crippen LogP contribution in [0.4, 0.5) is 4.39 Å². The second-order valence-electron chi connectivity index (χ2n) is 8.47. The molecule has 2 aromatic heterocycles. The lowest BCUT2D eigenvalue weighted by Crippen LogP contribution is -2.55. The van der Waals surface area contributed by atoms with E-state index < -0.39 is 17.8 Å². The molecule has 8 heteroatoms. The number of rotatable bonds is 4. The summed E-state index contributed by atoms with van der Waals surface area (Å²) in [6.07, 6.45) is 4.19. The van der Waals surface area contributed by atoms with Crippen LogP contribution >= 0.6 is 0 Å². The molecule has 7 nitrogen and oxygen atoms in total. The Morgan fingerprint density at radius 2 is 2.10 bits per heavy atom. The third-order valence-corrected chi connectivity index (χ3v) is 6.18. The van der Waals surface area contributed by atoms with Gasteiger partial charge in [-0.1, -0.05) is 6.92 Å². The first-order chi connectivity index (χ1) is 13.9. The number of aromatic hydroxyl groups is 1. The number of nitrogens with zero attached hydrogens (tertiary/aromatic N) is 4. The van der Waals surface area contributed by atoms with Gasteiger partial charge in [0.2, 0.25) is 5.88 Å². The predicted molar refractivity (Wildman–Crippen MR) is 105 cm³/mol. The number of halogens is 1. The molecule has 1 aromatic carbocycles. The highest BCUT2D eigenvalue weighted by Gasteiger charge is 2.64. The van der Waals surface area contributed by atoms with E-state index in [0.29, 0.717) is 11.3 Å². The van der Waals surface area contributed by atoms with Crippen LogP contribution in [0.3, 0.4) is 0 Å². The van der Waals surface area contributed by atoms with Crippen LogP contribution in [-0.2, 0) is 0 Å². The summed E-state index contributed by atoms with van der Waals surface area (Å²) < 4.78 is 22.6. The molecule has 0 radical (unpaired) electrons. The second-order valence-corrected chi connectivity index (χ2v) is 8.47. The first-order valence-corrected chi connectivity index (χ1v) is 9.59. The van der Waals surface area contributed by atoms with Gasteiger partial charge < -0.3 is 19.7 Å². The Bertz CT molecular complexity index is 1040. The van der Waals surface area contributed by atoms with Crippen molar-refractivity contribution in [2.75, 3.05) is 6.54 Å². The minimum absolute atomic E-state index is 0.0857. The third-order valence-electron chi connectivity index (χ3n) is 6.18. The van der Waals surface area contributed by atoms with Gasteiger partial charge in [0, 0.05) is 42.0 Å². The molecule has 4 atom stereocenters. The zero-order chi connectivity index (χ0) is 20.2. The molecule has 1 saturated heterocycles. The number of hydrogen-bond acceptors (Lipinski definition) is 6. The van der Waals surface area contributed by atoms with Crippen molar-refractivity contribution in [1.29, 1.82) is 0 Å². The lowest BCUT2D eigenvalue weighted by Gasteiger charge is -2.35. The van der Waals surface area contributed by atoms with Gasteiger partial charge in [-0.2, -0.15) is 0 Å². The summed E-state index contributed by atoms with van der Waals surface area (Å²) in [5.74, 6) is 0.371. The highest BCUT2D eigenvalue weighted by atomic mass is 19.1. The SMILES string of the molecule is C[C@]12CN[C@](C)(C1)[C@@H](F)[C@@H]2Oc1ccc(-c2ccc(-n3ccnc3)cc2O)nn1. The molecule has 3 aromatic rings. The molecule has 1 aliphatic heterocycles. The number of alkyl halides is 1. The molecule has 0 amide bonds. The van der Waals surface area contributed by atoms with Crippen LogP contribution in [0.1, 0.15) is 20.3 Å². The largest absolute Gasteiger partial charge is 0.507 e. The highest BCUT2D eigenvalue weighted by molar-refractivity contribution is 5.68. The zero-order valence-corrected chi connectivity index (χ0v) is 16.2. The third kappa shape index (κ3) is 2.86. The number of fused-ring (bicyclic) bond motifs is 2. The van der Waals surface area contributed by atoms with Crippen molar-refractivity contribution in [3.63, 3.8) is 0 Å². The highest BCUT2D eigenvalue weighted by Crippen LogP contribution is 2.51. The average molecular weight is 395 g/mol. The Labute approximate surface area is 167 Å². The molecular weight excluding hydrogens is 373 g/mol. The van der Waals surface area contributed by atoms with Crippen molar-refractivity contribution in [1.82, 2.24) is 25.1 Å². The topological polar surface area (TPSA) is 85.1 Å². The number of ether oxygens (including phenoxy) is 1. The average Bonchev–Trinajstić information content (AvgIpc) is 3.39. The maximum atomic E-state index is 14.9. The Hall–Kier alpha value is -3.00. The monoisotopic (exact) mass is 395 g/mol. The summed E-state index contributed by atoms with van der Waals surface area (Å²) in [6.45, 7) is 4.66. The minimum atomic E-state index is -1.11. The molecule has 0 spiro atoms. The molecule has 1 saturated carbocycles. The van der Waals surface area contributed by atoms with E-state index in [2.05, 4.69) is 20.5 Å². The number of nitrogens with one attached hydrogen (secondary N) is 1. The lowest BCUT2D eigenvalue weighted by molar-refractivity contribution is 0.00666. The zero-order valence-electron chi connectivity index (χ0n) is 16.2. The summed E-state index contributed by atoms with van der Waals surface area (Å²) in [5, 5.41) is 22.0. The van der Waals surface area contributed by atoms with Crippen molar-refractivity contribution in [3.8, 4) is 28.6 Å². The number of phenolic OH excluding ortho intramolecular Hbond substituents is 1. The lowest BCUT2D eigenvalue weighted by atomic mass is 9.87. The number of piperidine rings is 1. The maximum absolute atomic E-state index is 14.9. The number of phenols is 1. The second kappa shape index (κ2) is 6.25. The first-order valence-electron chi connectivity index (χ1n) is 9.59. The van der Waals surface area contributed by atoms with Gasteiger partial charge in [-0.15, -0.1) is 10.2 Å². The quantitative estimate of drug-likeness (QED) is 0.707. The summed E-state index contributed by atoms with van der Waals surface area (Å²) in [6, 6.07) is 8.66. The van der Waals surface area contributed by atoms with Gasteiger partial charge in [-0.3, -0.25) is 0 Å². The molecule has 0 unspecified atom stereocenters. The molecule has 2 N–H and O–H groups in total. The maximum Gasteiger partial charge on any atom is 0.233 e. The Balaban J connectivity index is 1.36. The van der Waals surface area contributed by atoms with Crippen molar-refractivity contribution < 1.29 is 14.2 Å². The van der Waals surface area contributed by atoms with Crippen LogP contribution in [0.5, 0.6) is 11.6 Å². The number of benzene rings is 1. The number of imidazole rings is 1. The molecule has 3 heterocycles. The molecule has 1 aliphatic carbocycles. The smallest absolute Gasteiger partial charge is 0.233 e. The van der Waals surface area contributed by atoms with E-state index in [-0.39, 0.29) is 17.0 Å². The Morgan fingerprint density at radius 3 is 2.72 bits per heavy atom. The summed E-state index contributed by atoms with van der Waals surface area (Å²) in [4.78, 5) is 4.00. The summed E-state index contributed by atoms with van der Waals surface area (Å²) in [7, 11) is 0. The molecular formula is C21H22FN5O2. The van der Waals surface area contributed by atoms with Gasteiger partial charge in [0.1, 0.15) is 11.9 Å². The fourth-order valence-corrected chi connectivity index (χ4v) is 4.62. The van der Waals surface area contributed by atoms with Gasteiger partial charge in [0.15, 0.2) is 6.17 Å². The van der Waals surface area contributed by atoms with Crippen LogP contribution in [0.25, 0.3) is 16.9 Å². The molecule has 2 fully saturated rings. The number of aromatic nitrogens is 4. The van der Waals surface area contributed by atoms with Gasteiger partial charge in [-0.05, 0) is 31.5 Å². The van der Waals surface area contributed by atoms with Crippen LogP contribution < -0.4 is 10.1 Å². The molecule has 150 valence electrons. The molecule has 5 rings (SSSR count). The van der Waals surface area contributed by atoms with Crippen molar-refractivity contribution >= 4 is 0 Å². The van der Waals surface area contributed by atoms with E-state index >= 15 is 0 Å². The first kappa shape index (κ1) is 18.1. The van der Waals surface area contributed by atoms with E-state index in [1.807, 2.05) is 19.9 Å². The minimum Gasteiger partial charge on any atom is -0.507 e. The van der Waals surface area contributed by atoms with Gasteiger partial charge in [0.05, 0.1) is 23.2 Å². The van der Waals surface area contributed by atoms with Gasteiger partial charge in [0.25, 0.3) is 0 Å². The predicted octanol–water partition coefficient (Wildman–Crippen LogP) is 2.89. The molecule has 2 bridgehead atoms. The van der Waals surface area contributed by atoms with Crippen molar-refractivity contribution in [2.45, 2.75) is 38.1 Å². The summed E-state index contributed by atoms with van der Waals surface area (Å²) in [5.41, 5.74) is 1.04. The molecule has 29 heavy (non-hydrogen) atoms. The van der Waals surface area contributed by atoms with Crippen LogP contribution in [0, 0.1) is 5.41 Å². The molecule has 2 aliphatic rings. The van der Waals surface area contributed by atoms with E-state index in [1.54, 1.807) is 47.6 Å². The van der Waals surface area contributed by atoms with E-state index in [9.17, 15) is 9.50 Å². The normalized spacial score (nSPS) is 30.6. The summed E-state index contributed by atoms with van der Waals surface area (Å²) >= 11 is 0. The van der Waals surface area contributed by atoms with E-state index in [1.165, 1.54) is 0 Å².